The molecule has 0 radical (unpaired) electrons. The first kappa shape index (κ1) is 19.8. The quantitative estimate of drug-likeness (QED) is 0.736. The minimum absolute atomic E-state index is 0.0659. The van der Waals surface area contributed by atoms with Gasteiger partial charge in [0.1, 0.15) is 12.2 Å². The van der Waals surface area contributed by atoms with Gasteiger partial charge in [0, 0.05) is 13.5 Å². The van der Waals surface area contributed by atoms with Gasteiger partial charge in [0.05, 0.1) is 12.7 Å². The molecule has 3 atom stereocenters. The Morgan fingerprint density at radius 1 is 1.18 bits per heavy atom. The van der Waals surface area contributed by atoms with Crippen LogP contribution in [0.4, 0.5) is 0 Å². The standard InChI is InChI=1S/C17H34O4Si/c1-16(2,3)14-10-12(18)15(19-7)13(21-14)11-20-22(8,9)17(4,5)6/h13-15H,10-11H2,1-9H3/t13-,14+,15+/m1/s1. The van der Waals surface area contributed by atoms with E-state index in [1.54, 1.807) is 7.11 Å². The van der Waals surface area contributed by atoms with Gasteiger partial charge in [-0.1, -0.05) is 41.5 Å². The second-order valence-corrected chi connectivity index (χ2v) is 13.7. The summed E-state index contributed by atoms with van der Waals surface area (Å²) in [6.07, 6.45) is -0.495. The number of carbonyl (C=O) groups is 1. The van der Waals surface area contributed by atoms with Gasteiger partial charge < -0.3 is 13.9 Å². The summed E-state index contributed by atoms with van der Waals surface area (Å²) in [4.78, 5) is 12.4. The van der Waals surface area contributed by atoms with E-state index >= 15 is 0 Å². The van der Waals surface area contributed by atoms with Gasteiger partial charge in [-0.2, -0.15) is 0 Å². The SMILES string of the molecule is CO[C@H]1C(=O)C[C@@H](C(C)(C)C)O[C@@H]1CO[Si](C)(C)C(C)(C)C. The number of methoxy groups -OCH3 is 1. The van der Waals surface area contributed by atoms with Crippen molar-refractivity contribution in [3.8, 4) is 0 Å². The smallest absolute Gasteiger partial charge is 0.192 e. The Hall–Kier alpha value is -0.233. The van der Waals surface area contributed by atoms with Crippen LogP contribution in [0.2, 0.25) is 18.1 Å². The highest BCUT2D eigenvalue weighted by Gasteiger charge is 2.44. The monoisotopic (exact) mass is 330 g/mol. The zero-order valence-electron chi connectivity index (χ0n) is 15.8. The zero-order chi connectivity index (χ0) is 17.3. The van der Waals surface area contributed by atoms with E-state index in [-0.39, 0.29) is 28.4 Å². The maximum atomic E-state index is 12.4. The largest absolute Gasteiger partial charge is 0.414 e. The molecule has 0 spiro atoms. The molecule has 130 valence electrons. The van der Waals surface area contributed by atoms with Crippen molar-refractivity contribution in [2.75, 3.05) is 13.7 Å². The molecule has 0 bridgehead atoms. The van der Waals surface area contributed by atoms with Gasteiger partial charge in [-0.05, 0) is 23.5 Å². The van der Waals surface area contributed by atoms with Crippen LogP contribution in [0.15, 0.2) is 0 Å². The summed E-state index contributed by atoms with van der Waals surface area (Å²) in [6.45, 7) is 17.8. The molecule has 1 aliphatic heterocycles. The van der Waals surface area contributed by atoms with Crippen molar-refractivity contribution in [1.82, 2.24) is 0 Å². The lowest BCUT2D eigenvalue weighted by Crippen LogP contribution is -2.54. The Labute approximate surface area is 137 Å². The van der Waals surface area contributed by atoms with E-state index in [1.165, 1.54) is 0 Å². The number of ketones is 1. The van der Waals surface area contributed by atoms with E-state index in [0.717, 1.165) is 0 Å². The fourth-order valence-electron chi connectivity index (χ4n) is 2.26. The maximum absolute atomic E-state index is 12.4. The molecule has 0 N–H and O–H groups in total. The van der Waals surface area contributed by atoms with Crippen LogP contribution in [0, 0.1) is 5.41 Å². The Bertz CT molecular complexity index is 392. The summed E-state index contributed by atoms with van der Waals surface area (Å²) in [5.74, 6) is 0.123. The summed E-state index contributed by atoms with van der Waals surface area (Å²) >= 11 is 0. The molecule has 0 aromatic heterocycles. The van der Waals surface area contributed by atoms with Gasteiger partial charge in [0.25, 0.3) is 0 Å². The Morgan fingerprint density at radius 2 is 1.73 bits per heavy atom. The molecule has 1 heterocycles. The van der Waals surface area contributed by atoms with E-state index in [0.29, 0.717) is 13.0 Å². The Balaban J connectivity index is 2.83. The van der Waals surface area contributed by atoms with E-state index in [4.69, 9.17) is 13.9 Å². The normalized spacial score (nSPS) is 28.0. The fraction of sp³-hybridized carbons (Fsp3) is 0.941. The fourth-order valence-corrected chi connectivity index (χ4v) is 3.28. The van der Waals surface area contributed by atoms with E-state index < -0.39 is 14.4 Å². The predicted octanol–water partition coefficient (Wildman–Crippen LogP) is 3.80. The third kappa shape index (κ3) is 4.63. The number of hydrogen-bond acceptors (Lipinski definition) is 4. The summed E-state index contributed by atoms with van der Waals surface area (Å²) < 4.78 is 17.8. The lowest BCUT2D eigenvalue weighted by molar-refractivity contribution is -0.180. The van der Waals surface area contributed by atoms with Crippen molar-refractivity contribution in [2.24, 2.45) is 5.41 Å². The first-order valence-corrected chi connectivity index (χ1v) is 11.1. The molecule has 0 aliphatic carbocycles. The lowest BCUT2D eigenvalue weighted by atomic mass is 9.83. The molecule has 1 rings (SSSR count). The van der Waals surface area contributed by atoms with Crippen molar-refractivity contribution in [3.05, 3.63) is 0 Å². The summed E-state index contributed by atoms with van der Waals surface area (Å²) in [5.41, 5.74) is -0.0659. The third-order valence-electron chi connectivity index (χ3n) is 5.02. The van der Waals surface area contributed by atoms with Crippen molar-refractivity contribution in [2.45, 2.75) is 84.4 Å². The average Bonchev–Trinajstić information content (AvgIpc) is 2.33. The highest BCUT2D eigenvalue weighted by atomic mass is 28.4. The second-order valence-electron chi connectivity index (χ2n) is 8.93. The first-order chi connectivity index (χ1) is 9.79. The van der Waals surface area contributed by atoms with Crippen molar-refractivity contribution in [3.63, 3.8) is 0 Å². The van der Waals surface area contributed by atoms with Crippen molar-refractivity contribution in [1.29, 1.82) is 0 Å². The van der Waals surface area contributed by atoms with Gasteiger partial charge in [-0.3, -0.25) is 4.79 Å². The molecule has 0 amide bonds. The first-order valence-electron chi connectivity index (χ1n) is 8.14. The second kappa shape index (κ2) is 6.71. The Kier molecular flexibility index (Phi) is 6.05. The van der Waals surface area contributed by atoms with Crippen molar-refractivity contribution < 1.29 is 18.7 Å². The minimum atomic E-state index is -1.87. The molecular weight excluding hydrogens is 296 g/mol. The van der Waals surface area contributed by atoms with E-state index in [9.17, 15) is 4.79 Å². The molecule has 5 heteroatoms. The predicted molar refractivity (Wildman–Crippen MR) is 91.7 cm³/mol. The van der Waals surface area contributed by atoms with Gasteiger partial charge >= 0.3 is 0 Å². The van der Waals surface area contributed by atoms with Gasteiger partial charge in [-0.15, -0.1) is 0 Å². The molecule has 0 aromatic rings. The van der Waals surface area contributed by atoms with Crippen LogP contribution in [0.1, 0.15) is 48.0 Å². The van der Waals surface area contributed by atoms with Crippen LogP contribution >= 0.6 is 0 Å². The van der Waals surface area contributed by atoms with Gasteiger partial charge in [0.2, 0.25) is 0 Å². The molecular formula is C17H34O4Si. The molecule has 4 nitrogen and oxygen atoms in total. The van der Waals surface area contributed by atoms with Crippen LogP contribution in [0.3, 0.4) is 0 Å². The molecule has 22 heavy (non-hydrogen) atoms. The summed E-state index contributed by atoms with van der Waals surface area (Å²) in [6, 6.07) is 0. The molecule has 0 saturated carbocycles. The zero-order valence-corrected chi connectivity index (χ0v) is 16.8. The number of rotatable bonds is 4. The number of Topliss-reactive ketones (excluding diaryl/α,β-unsaturated/α-hetero) is 1. The number of carbonyl (C=O) groups excluding carboxylic acids is 1. The number of ether oxygens (including phenoxy) is 2. The summed E-state index contributed by atoms with van der Waals surface area (Å²) in [5, 5.41) is 0.137. The summed E-state index contributed by atoms with van der Waals surface area (Å²) in [7, 11) is -0.296. The van der Waals surface area contributed by atoms with Crippen molar-refractivity contribution >= 4 is 14.1 Å². The van der Waals surface area contributed by atoms with Crippen LogP contribution < -0.4 is 0 Å². The maximum Gasteiger partial charge on any atom is 0.192 e. The highest BCUT2D eigenvalue weighted by Crippen LogP contribution is 2.38. The van der Waals surface area contributed by atoms with Crippen LogP contribution in [-0.2, 0) is 18.7 Å². The van der Waals surface area contributed by atoms with E-state index in [1.807, 2.05) is 0 Å². The highest BCUT2D eigenvalue weighted by molar-refractivity contribution is 6.74. The third-order valence-corrected chi connectivity index (χ3v) is 9.52. The molecule has 0 aromatic carbocycles. The van der Waals surface area contributed by atoms with Gasteiger partial charge in [0.15, 0.2) is 14.1 Å². The average molecular weight is 331 g/mol. The van der Waals surface area contributed by atoms with Crippen LogP contribution in [0.25, 0.3) is 0 Å². The Morgan fingerprint density at radius 3 is 2.14 bits per heavy atom. The minimum Gasteiger partial charge on any atom is -0.414 e. The molecule has 1 aliphatic rings. The topological polar surface area (TPSA) is 44.8 Å². The molecule has 0 unspecified atom stereocenters. The van der Waals surface area contributed by atoms with Gasteiger partial charge in [-0.25, -0.2) is 0 Å². The molecule has 1 fully saturated rings. The van der Waals surface area contributed by atoms with Crippen LogP contribution in [0.5, 0.6) is 0 Å². The number of hydrogen-bond donors (Lipinski definition) is 0. The molecule has 1 saturated heterocycles. The van der Waals surface area contributed by atoms with E-state index in [2.05, 4.69) is 54.6 Å². The lowest BCUT2D eigenvalue weighted by Gasteiger charge is -2.42. The van der Waals surface area contributed by atoms with Crippen LogP contribution in [-0.4, -0.2) is 46.1 Å².